The third-order valence-corrected chi connectivity index (χ3v) is 6.93. The smallest absolute Gasteiger partial charge is 0.319 e. The second-order valence-electron chi connectivity index (χ2n) is 7.37. The van der Waals surface area contributed by atoms with Crippen LogP contribution in [-0.2, 0) is 9.13 Å². The van der Waals surface area contributed by atoms with Crippen molar-refractivity contribution >= 4 is 37.3 Å². The zero-order valence-electron chi connectivity index (χ0n) is 17.8. The zero-order chi connectivity index (χ0) is 24.1. The molecule has 0 radical (unpaired) electrons. The first-order valence-corrected chi connectivity index (χ1v) is 13.0. The van der Waals surface area contributed by atoms with E-state index in [1.54, 1.807) is 60.7 Å². The van der Waals surface area contributed by atoms with E-state index in [2.05, 4.69) is 0 Å². The second-order valence-corrected chi connectivity index (χ2v) is 10.0. The quantitative estimate of drug-likeness (QED) is 0.206. The van der Waals surface area contributed by atoms with E-state index in [0.717, 1.165) is 10.8 Å². The summed E-state index contributed by atoms with van der Waals surface area (Å²) in [7, 11) is -7.80. The summed E-state index contributed by atoms with van der Waals surface area (Å²) >= 11 is 0. The molecule has 4 rings (SSSR count). The van der Waals surface area contributed by atoms with Crippen LogP contribution >= 0.6 is 15.6 Å². The molecule has 0 heterocycles. The monoisotopic (exact) mass is 493 g/mol. The Morgan fingerprint density at radius 3 is 1.97 bits per heavy atom. The highest BCUT2D eigenvalue weighted by Crippen LogP contribution is 2.51. The fourth-order valence-corrected chi connectivity index (χ4v) is 4.90. The Morgan fingerprint density at radius 2 is 1.35 bits per heavy atom. The van der Waals surface area contributed by atoms with E-state index >= 15 is 0 Å². The van der Waals surface area contributed by atoms with Crippen LogP contribution in [0.25, 0.3) is 21.7 Å². The number of benzene rings is 4. The van der Waals surface area contributed by atoms with Gasteiger partial charge >= 0.3 is 15.6 Å². The van der Waals surface area contributed by atoms with Crippen LogP contribution in [0, 0.1) is 0 Å². The summed E-state index contributed by atoms with van der Waals surface area (Å²) in [4.78, 5) is 19.0. The Labute approximate surface area is 196 Å². The number of halogens is 1. The van der Waals surface area contributed by atoms with E-state index in [9.17, 15) is 23.3 Å². The highest BCUT2D eigenvalue weighted by molar-refractivity contribution is 7.56. The summed E-state index contributed by atoms with van der Waals surface area (Å²) in [5.74, 6) is 0.349. The predicted octanol–water partition coefficient (Wildman–Crippen LogP) is 7.52. The molecular weight excluding hydrogens is 473 g/mol. The molecular formula is C26H20FO5P2+. The van der Waals surface area contributed by atoms with Crippen LogP contribution in [-0.4, -0.2) is 9.79 Å². The highest BCUT2D eigenvalue weighted by Gasteiger charge is 2.33. The van der Waals surface area contributed by atoms with E-state index in [4.69, 9.17) is 4.52 Å². The first-order chi connectivity index (χ1) is 16.3. The standard InChI is InChI=1S/C26H19FO5P2/c27-26(34(29,30)31)24(20-10-3-1-4-11-20)18-25(21-12-5-2-6-13-21)33(28)32-23-16-15-19-9-7-8-14-22(19)17-23/h1-18H,(H-,29,30,31)/p+1. The molecule has 170 valence electrons. The lowest BCUT2D eigenvalue weighted by molar-refractivity contribution is 0.369. The third kappa shape index (κ3) is 5.56. The number of hydrogen-bond acceptors (Lipinski definition) is 3. The Balaban J connectivity index is 1.83. The normalized spacial score (nSPS) is 13.4. The van der Waals surface area contributed by atoms with E-state index in [-0.39, 0.29) is 16.5 Å². The van der Waals surface area contributed by atoms with Crippen LogP contribution < -0.4 is 4.52 Å². The lowest BCUT2D eigenvalue weighted by Gasteiger charge is -2.08. The van der Waals surface area contributed by atoms with Crippen molar-refractivity contribution in [3.63, 3.8) is 0 Å². The number of allylic oxidation sites excluding steroid dienone is 2. The van der Waals surface area contributed by atoms with E-state index in [0.29, 0.717) is 11.3 Å². The molecule has 0 aliphatic rings. The van der Waals surface area contributed by atoms with Crippen molar-refractivity contribution in [2.24, 2.45) is 0 Å². The molecule has 1 atom stereocenters. The molecule has 0 aliphatic heterocycles. The highest BCUT2D eigenvalue weighted by atomic mass is 31.2. The molecule has 0 spiro atoms. The largest absolute Gasteiger partial charge is 0.597 e. The van der Waals surface area contributed by atoms with Crippen LogP contribution in [0.3, 0.4) is 0 Å². The van der Waals surface area contributed by atoms with Crippen LogP contribution in [0.15, 0.2) is 115 Å². The average molecular weight is 493 g/mol. The molecule has 5 nitrogen and oxygen atoms in total. The summed E-state index contributed by atoms with van der Waals surface area (Å²) in [6, 6.07) is 29.4. The first kappa shape index (κ1) is 23.7. The molecule has 0 amide bonds. The van der Waals surface area contributed by atoms with Crippen molar-refractivity contribution in [1.82, 2.24) is 0 Å². The van der Waals surface area contributed by atoms with Gasteiger partial charge in [-0.05, 0) is 33.0 Å². The Morgan fingerprint density at radius 1 is 0.794 bits per heavy atom. The number of hydrogen-bond donors (Lipinski definition) is 2. The van der Waals surface area contributed by atoms with Gasteiger partial charge in [-0.15, -0.1) is 0 Å². The summed E-state index contributed by atoms with van der Waals surface area (Å²) in [6.45, 7) is 0. The maximum Gasteiger partial charge on any atom is 0.597 e. The molecule has 0 saturated carbocycles. The maximum absolute atomic E-state index is 14.9. The van der Waals surface area contributed by atoms with Crippen molar-refractivity contribution in [3.8, 4) is 5.75 Å². The van der Waals surface area contributed by atoms with Crippen molar-refractivity contribution in [1.29, 1.82) is 0 Å². The molecule has 0 saturated heterocycles. The third-order valence-electron chi connectivity index (χ3n) is 5.02. The molecule has 4 aromatic carbocycles. The van der Waals surface area contributed by atoms with Crippen molar-refractivity contribution < 1.29 is 27.8 Å². The van der Waals surface area contributed by atoms with Gasteiger partial charge in [0.1, 0.15) is 0 Å². The summed E-state index contributed by atoms with van der Waals surface area (Å²) in [5.41, 5.74) is -1.28. The molecule has 4 aromatic rings. The predicted molar refractivity (Wildman–Crippen MR) is 133 cm³/mol. The van der Waals surface area contributed by atoms with Gasteiger partial charge in [0.25, 0.3) is 0 Å². The first-order valence-electron chi connectivity index (χ1n) is 10.3. The minimum Gasteiger partial charge on any atom is -0.319 e. The zero-order valence-corrected chi connectivity index (χ0v) is 19.6. The molecule has 2 N–H and O–H groups in total. The number of fused-ring (bicyclic) bond motifs is 1. The van der Waals surface area contributed by atoms with Gasteiger partial charge in [0.15, 0.2) is 5.75 Å². The fourth-order valence-electron chi connectivity index (χ4n) is 3.39. The summed E-state index contributed by atoms with van der Waals surface area (Å²) in [6.07, 6.45) is 1.18. The van der Waals surface area contributed by atoms with Gasteiger partial charge in [-0.3, -0.25) is 9.09 Å². The summed E-state index contributed by atoms with van der Waals surface area (Å²) < 4.78 is 45.9. The van der Waals surface area contributed by atoms with Crippen molar-refractivity contribution in [3.05, 3.63) is 126 Å². The minimum atomic E-state index is -5.22. The van der Waals surface area contributed by atoms with Gasteiger partial charge < -0.3 is 9.79 Å². The van der Waals surface area contributed by atoms with Gasteiger partial charge in [-0.2, -0.15) is 4.39 Å². The lowest BCUT2D eigenvalue weighted by atomic mass is 10.1. The fraction of sp³-hybridized carbons (Fsp3) is 0. The Bertz CT molecular complexity index is 1440. The maximum atomic E-state index is 14.9. The molecule has 1 unspecified atom stereocenters. The Kier molecular flexibility index (Phi) is 7.16. The van der Waals surface area contributed by atoms with Crippen LogP contribution in [0.5, 0.6) is 5.75 Å². The number of rotatable bonds is 7. The van der Waals surface area contributed by atoms with Gasteiger partial charge in [0, 0.05) is 17.2 Å². The van der Waals surface area contributed by atoms with Crippen molar-refractivity contribution in [2.45, 2.75) is 0 Å². The second kappa shape index (κ2) is 10.3. The molecule has 0 aromatic heterocycles. The van der Waals surface area contributed by atoms with Gasteiger partial charge in [0.05, 0.1) is 0 Å². The lowest BCUT2D eigenvalue weighted by Crippen LogP contribution is -1.92. The van der Waals surface area contributed by atoms with Gasteiger partial charge in [-0.25, -0.2) is 0 Å². The van der Waals surface area contributed by atoms with E-state index < -0.39 is 21.2 Å². The van der Waals surface area contributed by atoms with E-state index in [1.165, 1.54) is 18.2 Å². The molecule has 34 heavy (non-hydrogen) atoms. The Hall–Kier alpha value is -3.40. The molecule has 8 heteroatoms. The molecule has 0 bridgehead atoms. The van der Waals surface area contributed by atoms with E-state index in [1.807, 2.05) is 30.3 Å². The van der Waals surface area contributed by atoms with Gasteiger partial charge in [0.2, 0.25) is 10.9 Å². The van der Waals surface area contributed by atoms with Gasteiger partial charge in [-0.1, -0.05) is 91.0 Å². The molecule has 0 aliphatic carbocycles. The SMILES string of the molecule is O=[P+](Oc1ccc2ccccc2c1)C(=CC(=C(F)P(=O)(O)O)c1ccccc1)c1ccccc1. The van der Waals surface area contributed by atoms with Crippen LogP contribution in [0.1, 0.15) is 11.1 Å². The summed E-state index contributed by atoms with van der Waals surface area (Å²) in [5, 5.41) is 1.97. The minimum absolute atomic E-state index is 0.0891. The van der Waals surface area contributed by atoms with Crippen LogP contribution in [0.4, 0.5) is 4.39 Å². The van der Waals surface area contributed by atoms with Crippen molar-refractivity contribution in [2.75, 3.05) is 0 Å². The topological polar surface area (TPSA) is 83.8 Å². The average Bonchev–Trinajstić information content (AvgIpc) is 2.84. The van der Waals surface area contributed by atoms with Crippen LogP contribution in [0.2, 0.25) is 0 Å². The molecule has 0 fully saturated rings.